The lowest BCUT2D eigenvalue weighted by atomic mass is 10.1. The van der Waals surface area contributed by atoms with Crippen LogP contribution in [0, 0.1) is 0 Å². The quantitative estimate of drug-likeness (QED) is 0.825. The highest BCUT2D eigenvalue weighted by Gasteiger charge is 2.30. The van der Waals surface area contributed by atoms with E-state index in [1.165, 1.54) is 5.56 Å². The monoisotopic (exact) mass is 232 g/mol. The Balaban J connectivity index is 1.87. The molecule has 1 unspecified atom stereocenters. The first-order valence-electron chi connectivity index (χ1n) is 6.01. The Morgan fingerprint density at radius 2 is 2.35 bits per heavy atom. The Morgan fingerprint density at radius 3 is 3.12 bits per heavy atom. The summed E-state index contributed by atoms with van der Waals surface area (Å²) in [6.07, 6.45) is 1.53. The molecule has 2 heterocycles. The first-order chi connectivity index (χ1) is 8.28. The maximum Gasteiger partial charge on any atom is 0.228 e. The van der Waals surface area contributed by atoms with E-state index in [1.807, 2.05) is 24.1 Å². The maximum atomic E-state index is 11.9. The van der Waals surface area contributed by atoms with Crippen molar-refractivity contribution < 1.29 is 9.53 Å². The van der Waals surface area contributed by atoms with Crippen molar-refractivity contribution in [1.82, 2.24) is 5.32 Å². The van der Waals surface area contributed by atoms with Crippen LogP contribution in [0.25, 0.3) is 0 Å². The number of benzene rings is 1. The van der Waals surface area contributed by atoms with Crippen LogP contribution in [-0.2, 0) is 11.2 Å². The van der Waals surface area contributed by atoms with Gasteiger partial charge >= 0.3 is 0 Å². The van der Waals surface area contributed by atoms with Crippen molar-refractivity contribution in [2.24, 2.45) is 0 Å². The fourth-order valence-electron chi connectivity index (χ4n) is 2.49. The van der Waals surface area contributed by atoms with Gasteiger partial charge in [0.05, 0.1) is 6.61 Å². The van der Waals surface area contributed by atoms with Crippen molar-refractivity contribution in [3.05, 3.63) is 23.8 Å². The molecule has 0 spiro atoms. The van der Waals surface area contributed by atoms with Crippen molar-refractivity contribution >= 4 is 11.6 Å². The average molecular weight is 232 g/mol. The van der Waals surface area contributed by atoms with Crippen LogP contribution in [0.2, 0.25) is 0 Å². The largest absolute Gasteiger partial charge is 0.493 e. The zero-order chi connectivity index (χ0) is 11.8. The number of anilines is 1. The minimum atomic E-state index is 0.197. The molecule has 0 bridgehead atoms. The molecule has 4 heteroatoms. The Labute approximate surface area is 101 Å². The summed E-state index contributed by atoms with van der Waals surface area (Å²) >= 11 is 0. The number of nitrogens with zero attached hydrogens (tertiary/aromatic N) is 1. The fraction of sp³-hybridized carbons (Fsp3) is 0.462. The number of carbonyl (C=O) groups excluding carboxylic acids is 1. The third kappa shape index (κ3) is 1.78. The minimum Gasteiger partial charge on any atom is -0.493 e. The van der Waals surface area contributed by atoms with Gasteiger partial charge in [-0.15, -0.1) is 0 Å². The summed E-state index contributed by atoms with van der Waals surface area (Å²) in [4.78, 5) is 13.8. The summed E-state index contributed by atoms with van der Waals surface area (Å²) in [5.74, 6) is 1.16. The van der Waals surface area contributed by atoms with Crippen molar-refractivity contribution in [1.29, 1.82) is 0 Å². The van der Waals surface area contributed by atoms with E-state index >= 15 is 0 Å². The van der Waals surface area contributed by atoms with Gasteiger partial charge in [0.2, 0.25) is 5.91 Å². The molecule has 1 atom stereocenters. The SMILES string of the molecule is CNC1CC(=O)N(c2ccc3c(c2)CCO3)C1. The minimum absolute atomic E-state index is 0.197. The van der Waals surface area contributed by atoms with Gasteiger partial charge in [-0.3, -0.25) is 4.79 Å². The predicted molar refractivity (Wildman–Crippen MR) is 65.5 cm³/mol. The number of amides is 1. The average Bonchev–Trinajstić information content (AvgIpc) is 2.93. The van der Waals surface area contributed by atoms with Crippen molar-refractivity contribution in [2.45, 2.75) is 18.9 Å². The number of ether oxygens (including phenoxy) is 1. The van der Waals surface area contributed by atoms with E-state index in [-0.39, 0.29) is 11.9 Å². The molecule has 1 aromatic carbocycles. The molecule has 1 amide bonds. The summed E-state index contributed by atoms with van der Waals surface area (Å²) in [6.45, 7) is 1.51. The number of carbonyl (C=O) groups is 1. The molecule has 4 nitrogen and oxygen atoms in total. The van der Waals surface area contributed by atoms with Crippen LogP contribution in [0.1, 0.15) is 12.0 Å². The molecule has 0 aromatic heterocycles. The van der Waals surface area contributed by atoms with Crippen LogP contribution in [0.3, 0.4) is 0 Å². The number of nitrogens with one attached hydrogen (secondary N) is 1. The lowest BCUT2D eigenvalue weighted by molar-refractivity contribution is -0.117. The van der Waals surface area contributed by atoms with Gasteiger partial charge in [0, 0.05) is 31.1 Å². The molecule has 1 N–H and O–H groups in total. The molecule has 90 valence electrons. The number of rotatable bonds is 2. The lowest BCUT2D eigenvalue weighted by Crippen LogP contribution is -2.30. The molecular weight excluding hydrogens is 216 g/mol. The van der Waals surface area contributed by atoms with Gasteiger partial charge in [0.25, 0.3) is 0 Å². The highest BCUT2D eigenvalue weighted by atomic mass is 16.5. The third-order valence-corrected chi connectivity index (χ3v) is 3.52. The predicted octanol–water partition coefficient (Wildman–Crippen LogP) is 0.946. The maximum absolute atomic E-state index is 11.9. The van der Waals surface area contributed by atoms with Crippen molar-refractivity contribution in [2.75, 3.05) is 25.1 Å². The summed E-state index contributed by atoms with van der Waals surface area (Å²) in [6, 6.07) is 6.29. The molecule has 2 aliphatic rings. The first-order valence-corrected chi connectivity index (χ1v) is 6.01. The van der Waals surface area contributed by atoms with Crippen LogP contribution in [-0.4, -0.2) is 32.1 Å². The highest BCUT2D eigenvalue weighted by molar-refractivity contribution is 5.96. The molecular formula is C13H16N2O2. The second-order valence-electron chi connectivity index (χ2n) is 4.58. The molecule has 1 aromatic rings. The molecule has 2 aliphatic heterocycles. The number of likely N-dealkylation sites (N-methyl/N-ethyl adjacent to an activating group) is 1. The second-order valence-corrected chi connectivity index (χ2v) is 4.58. The van der Waals surface area contributed by atoms with Crippen LogP contribution < -0.4 is 15.0 Å². The Kier molecular flexibility index (Phi) is 2.52. The molecule has 0 saturated carbocycles. The normalized spacial score (nSPS) is 22.8. The van der Waals surface area contributed by atoms with Gasteiger partial charge < -0.3 is 15.0 Å². The number of fused-ring (bicyclic) bond motifs is 1. The van der Waals surface area contributed by atoms with Crippen LogP contribution in [0.5, 0.6) is 5.75 Å². The molecule has 1 saturated heterocycles. The molecule has 17 heavy (non-hydrogen) atoms. The molecule has 1 fully saturated rings. The Hall–Kier alpha value is -1.55. The number of hydrogen-bond acceptors (Lipinski definition) is 3. The van der Waals surface area contributed by atoms with Gasteiger partial charge in [-0.1, -0.05) is 0 Å². The van der Waals surface area contributed by atoms with Crippen LogP contribution in [0.15, 0.2) is 18.2 Å². The van der Waals surface area contributed by atoms with Gasteiger partial charge in [0.1, 0.15) is 5.75 Å². The molecule has 0 radical (unpaired) electrons. The van der Waals surface area contributed by atoms with E-state index in [1.54, 1.807) is 0 Å². The zero-order valence-electron chi connectivity index (χ0n) is 9.90. The van der Waals surface area contributed by atoms with Crippen LogP contribution >= 0.6 is 0 Å². The topological polar surface area (TPSA) is 41.6 Å². The highest BCUT2D eigenvalue weighted by Crippen LogP contribution is 2.31. The van der Waals surface area contributed by atoms with Crippen LogP contribution in [0.4, 0.5) is 5.69 Å². The second kappa shape index (κ2) is 4.04. The van der Waals surface area contributed by atoms with E-state index in [2.05, 4.69) is 11.4 Å². The van der Waals surface area contributed by atoms with E-state index in [0.29, 0.717) is 6.42 Å². The first kappa shape index (κ1) is 10.6. The summed E-state index contributed by atoms with van der Waals surface area (Å²) in [5, 5.41) is 3.16. The summed E-state index contributed by atoms with van der Waals surface area (Å²) in [7, 11) is 1.90. The van der Waals surface area contributed by atoms with Gasteiger partial charge in [-0.2, -0.15) is 0 Å². The van der Waals surface area contributed by atoms with Gasteiger partial charge in [-0.05, 0) is 30.8 Å². The van der Waals surface area contributed by atoms with E-state index in [4.69, 9.17) is 4.74 Å². The summed E-state index contributed by atoms with van der Waals surface area (Å²) in [5.41, 5.74) is 2.21. The fourth-order valence-corrected chi connectivity index (χ4v) is 2.49. The smallest absolute Gasteiger partial charge is 0.228 e. The standard InChI is InChI=1S/C13H16N2O2/c1-14-10-7-13(16)15(8-10)11-2-3-12-9(6-11)4-5-17-12/h2-3,6,10,14H,4-5,7-8H2,1H3. The van der Waals surface area contributed by atoms with E-state index in [0.717, 1.165) is 31.0 Å². The lowest BCUT2D eigenvalue weighted by Gasteiger charge is -2.17. The molecule has 3 rings (SSSR count). The van der Waals surface area contributed by atoms with E-state index < -0.39 is 0 Å². The van der Waals surface area contributed by atoms with Crippen molar-refractivity contribution in [3.8, 4) is 5.75 Å². The Morgan fingerprint density at radius 1 is 1.47 bits per heavy atom. The summed E-state index contributed by atoms with van der Waals surface area (Å²) < 4.78 is 5.47. The van der Waals surface area contributed by atoms with E-state index in [9.17, 15) is 4.79 Å². The zero-order valence-corrected chi connectivity index (χ0v) is 9.90. The van der Waals surface area contributed by atoms with Gasteiger partial charge in [0.15, 0.2) is 0 Å². The number of hydrogen-bond donors (Lipinski definition) is 1. The molecule has 0 aliphatic carbocycles. The third-order valence-electron chi connectivity index (χ3n) is 3.52. The van der Waals surface area contributed by atoms with Crippen molar-refractivity contribution in [3.63, 3.8) is 0 Å². The Bertz CT molecular complexity index is 459. The van der Waals surface area contributed by atoms with Gasteiger partial charge in [-0.25, -0.2) is 0 Å².